The van der Waals surface area contributed by atoms with Gasteiger partial charge in [-0.05, 0) is 56.0 Å². The van der Waals surface area contributed by atoms with Gasteiger partial charge in [0, 0.05) is 19.2 Å². The number of aromatic nitrogens is 1. The van der Waals surface area contributed by atoms with E-state index in [1.165, 1.54) is 16.7 Å². The summed E-state index contributed by atoms with van der Waals surface area (Å²) in [6, 6.07) is 3.61. The third-order valence-electron chi connectivity index (χ3n) is 4.73. The van der Waals surface area contributed by atoms with Gasteiger partial charge in [0.25, 0.3) is 10.0 Å². The molecule has 1 aliphatic rings. The first-order chi connectivity index (χ1) is 11.7. The predicted molar refractivity (Wildman–Crippen MR) is 97.4 cm³/mol. The molecule has 0 bridgehead atoms. The summed E-state index contributed by atoms with van der Waals surface area (Å²) in [5.74, 6) is -0.221. The van der Waals surface area contributed by atoms with Crippen LogP contribution in [0.2, 0.25) is 0 Å². The summed E-state index contributed by atoms with van der Waals surface area (Å²) in [5, 5.41) is 2.72. The standard InChI is InChI=1S/C18H21N3O3S/c1-11-9-12(2)14(4)18(13(11)3)25(23,24)21-8-6-17(22)20-15-10-19-7-5-16(15)21/h5,7,9-10H,6,8H2,1-4H3,(H,20,22). The molecule has 1 aromatic carbocycles. The van der Waals surface area contributed by atoms with E-state index in [2.05, 4.69) is 10.3 Å². The number of anilines is 2. The Morgan fingerprint density at radius 1 is 1.12 bits per heavy atom. The molecule has 2 aromatic rings. The van der Waals surface area contributed by atoms with Gasteiger partial charge in [-0.2, -0.15) is 0 Å². The van der Waals surface area contributed by atoms with Gasteiger partial charge in [0.15, 0.2) is 0 Å². The van der Waals surface area contributed by atoms with E-state index in [1.54, 1.807) is 6.07 Å². The van der Waals surface area contributed by atoms with E-state index in [4.69, 9.17) is 0 Å². The van der Waals surface area contributed by atoms with Crippen molar-refractivity contribution in [2.45, 2.75) is 39.0 Å². The van der Waals surface area contributed by atoms with E-state index in [0.717, 1.165) is 22.3 Å². The fourth-order valence-corrected chi connectivity index (χ4v) is 5.23. The van der Waals surface area contributed by atoms with Crippen LogP contribution in [0.4, 0.5) is 11.4 Å². The number of hydrogen-bond acceptors (Lipinski definition) is 4. The normalized spacial score (nSPS) is 14.7. The summed E-state index contributed by atoms with van der Waals surface area (Å²) in [6.07, 6.45) is 3.10. The van der Waals surface area contributed by atoms with Crippen molar-refractivity contribution in [1.82, 2.24) is 4.98 Å². The molecule has 1 aliphatic heterocycles. The number of carbonyl (C=O) groups is 1. The molecule has 0 fully saturated rings. The van der Waals surface area contributed by atoms with Crippen molar-refractivity contribution in [2.75, 3.05) is 16.2 Å². The summed E-state index contributed by atoms with van der Waals surface area (Å²) in [5.41, 5.74) is 4.19. The van der Waals surface area contributed by atoms with Crippen LogP contribution in [-0.4, -0.2) is 25.9 Å². The van der Waals surface area contributed by atoms with Crippen LogP contribution >= 0.6 is 0 Å². The second-order valence-electron chi connectivity index (χ2n) is 6.36. The fraction of sp³-hybridized carbons (Fsp3) is 0.333. The second-order valence-corrected chi connectivity index (χ2v) is 8.16. The van der Waals surface area contributed by atoms with Crippen molar-refractivity contribution >= 4 is 27.3 Å². The van der Waals surface area contributed by atoms with Gasteiger partial charge in [0.05, 0.1) is 22.5 Å². The Morgan fingerprint density at radius 2 is 1.76 bits per heavy atom. The molecule has 0 atom stereocenters. The average molecular weight is 359 g/mol. The van der Waals surface area contributed by atoms with Crippen molar-refractivity contribution < 1.29 is 13.2 Å². The highest BCUT2D eigenvalue weighted by Crippen LogP contribution is 2.35. The van der Waals surface area contributed by atoms with Crippen LogP contribution in [0.1, 0.15) is 28.7 Å². The number of sulfonamides is 1. The van der Waals surface area contributed by atoms with E-state index >= 15 is 0 Å². The fourth-order valence-electron chi connectivity index (χ4n) is 3.16. The van der Waals surface area contributed by atoms with Crippen molar-refractivity contribution in [1.29, 1.82) is 0 Å². The van der Waals surface area contributed by atoms with Crippen LogP contribution in [0.15, 0.2) is 29.4 Å². The van der Waals surface area contributed by atoms with Gasteiger partial charge in [-0.3, -0.25) is 14.1 Å². The quantitative estimate of drug-likeness (QED) is 0.894. The molecule has 0 saturated heterocycles. The van der Waals surface area contributed by atoms with Gasteiger partial charge in [0.1, 0.15) is 0 Å². The molecule has 2 heterocycles. The highest BCUT2D eigenvalue weighted by Gasteiger charge is 2.33. The summed E-state index contributed by atoms with van der Waals surface area (Å²) in [6.45, 7) is 7.56. The van der Waals surface area contributed by atoms with Gasteiger partial charge >= 0.3 is 0 Å². The van der Waals surface area contributed by atoms with Crippen molar-refractivity contribution in [3.8, 4) is 0 Å². The molecule has 1 N–H and O–H groups in total. The molecule has 25 heavy (non-hydrogen) atoms. The third kappa shape index (κ3) is 2.89. The second kappa shape index (κ2) is 6.15. The van der Waals surface area contributed by atoms with Crippen molar-refractivity contribution in [3.63, 3.8) is 0 Å². The minimum atomic E-state index is -3.82. The summed E-state index contributed by atoms with van der Waals surface area (Å²) < 4.78 is 28.4. The summed E-state index contributed by atoms with van der Waals surface area (Å²) >= 11 is 0. The molecule has 3 rings (SSSR count). The monoisotopic (exact) mass is 359 g/mol. The van der Waals surface area contributed by atoms with Crippen LogP contribution in [-0.2, 0) is 14.8 Å². The highest BCUT2D eigenvalue weighted by atomic mass is 32.2. The number of nitrogens with one attached hydrogen (secondary N) is 1. The van der Waals surface area contributed by atoms with Gasteiger partial charge in [-0.25, -0.2) is 8.42 Å². The lowest BCUT2D eigenvalue weighted by atomic mass is 10.0. The maximum atomic E-state index is 13.5. The zero-order valence-corrected chi connectivity index (χ0v) is 15.6. The Morgan fingerprint density at radius 3 is 2.40 bits per heavy atom. The van der Waals surface area contributed by atoms with E-state index in [1.807, 2.05) is 33.8 Å². The maximum Gasteiger partial charge on any atom is 0.264 e. The zero-order chi connectivity index (χ0) is 18.4. The molecular weight excluding hydrogens is 338 g/mol. The number of benzene rings is 1. The lowest BCUT2D eigenvalue weighted by Gasteiger charge is -2.26. The van der Waals surface area contributed by atoms with Crippen LogP contribution < -0.4 is 9.62 Å². The molecule has 7 heteroatoms. The number of nitrogens with zero attached hydrogens (tertiary/aromatic N) is 2. The first kappa shape index (κ1) is 17.4. The number of carbonyl (C=O) groups excluding carboxylic acids is 1. The van der Waals surface area contributed by atoms with Crippen LogP contribution in [0.25, 0.3) is 0 Å². The van der Waals surface area contributed by atoms with Gasteiger partial charge in [-0.1, -0.05) is 6.07 Å². The molecular formula is C18H21N3O3S. The minimum Gasteiger partial charge on any atom is -0.323 e. The maximum absolute atomic E-state index is 13.5. The van der Waals surface area contributed by atoms with Crippen LogP contribution in [0.3, 0.4) is 0 Å². The molecule has 0 spiro atoms. The molecule has 1 aromatic heterocycles. The topological polar surface area (TPSA) is 79.4 Å². The Bertz CT molecular complexity index is 942. The number of hydrogen-bond donors (Lipinski definition) is 1. The Hall–Kier alpha value is -2.41. The average Bonchev–Trinajstić information content (AvgIpc) is 2.71. The largest absolute Gasteiger partial charge is 0.323 e. The molecule has 132 valence electrons. The molecule has 0 saturated carbocycles. The summed E-state index contributed by atoms with van der Waals surface area (Å²) in [4.78, 5) is 16.2. The smallest absolute Gasteiger partial charge is 0.264 e. The van der Waals surface area contributed by atoms with E-state index < -0.39 is 10.0 Å². The van der Waals surface area contributed by atoms with Gasteiger partial charge in [-0.15, -0.1) is 0 Å². The van der Waals surface area contributed by atoms with E-state index in [0.29, 0.717) is 16.3 Å². The Kier molecular flexibility index (Phi) is 4.28. The molecule has 6 nitrogen and oxygen atoms in total. The first-order valence-electron chi connectivity index (χ1n) is 8.07. The number of fused-ring (bicyclic) bond motifs is 1. The van der Waals surface area contributed by atoms with E-state index in [9.17, 15) is 13.2 Å². The number of pyridine rings is 1. The molecule has 0 radical (unpaired) electrons. The van der Waals surface area contributed by atoms with Crippen molar-refractivity contribution in [3.05, 3.63) is 46.8 Å². The Balaban J connectivity index is 2.24. The minimum absolute atomic E-state index is 0.0941. The zero-order valence-electron chi connectivity index (χ0n) is 14.8. The molecule has 0 unspecified atom stereocenters. The number of aryl methyl sites for hydroxylation is 2. The van der Waals surface area contributed by atoms with Crippen LogP contribution in [0.5, 0.6) is 0 Å². The number of amides is 1. The SMILES string of the molecule is Cc1cc(C)c(C)c(S(=O)(=O)N2CCC(=O)Nc3cnccc32)c1C. The predicted octanol–water partition coefficient (Wildman–Crippen LogP) is 2.85. The highest BCUT2D eigenvalue weighted by molar-refractivity contribution is 7.93. The third-order valence-corrected chi connectivity index (χ3v) is 6.82. The lowest BCUT2D eigenvalue weighted by molar-refractivity contribution is -0.115. The van der Waals surface area contributed by atoms with Gasteiger partial charge in [0.2, 0.25) is 5.91 Å². The lowest BCUT2D eigenvalue weighted by Crippen LogP contribution is -2.33. The first-order valence-corrected chi connectivity index (χ1v) is 9.51. The van der Waals surface area contributed by atoms with Crippen molar-refractivity contribution in [2.24, 2.45) is 0 Å². The summed E-state index contributed by atoms with van der Waals surface area (Å²) in [7, 11) is -3.82. The van der Waals surface area contributed by atoms with Gasteiger partial charge < -0.3 is 5.32 Å². The Labute approximate surface area is 147 Å². The van der Waals surface area contributed by atoms with E-state index in [-0.39, 0.29) is 18.9 Å². The van der Waals surface area contributed by atoms with Crippen LogP contribution in [0, 0.1) is 27.7 Å². The number of rotatable bonds is 2. The molecule has 1 amide bonds. The molecule has 0 aliphatic carbocycles.